The fraction of sp³-hybridized carbons (Fsp3) is 0.200. The number of rotatable bonds is 2. The highest BCUT2D eigenvalue weighted by molar-refractivity contribution is 9.11. The van der Waals surface area contributed by atoms with Crippen molar-refractivity contribution >= 4 is 31.9 Å². The van der Waals surface area contributed by atoms with Gasteiger partial charge in [-0.25, -0.2) is 0 Å². The quantitative estimate of drug-likeness (QED) is 0.797. The number of hydrogen-bond donors (Lipinski definition) is 1. The highest BCUT2D eigenvalue weighted by Gasteiger charge is 2.16. The number of aliphatic hydroxyl groups excluding tert-OH is 1. The first kappa shape index (κ1) is 13.8. The van der Waals surface area contributed by atoms with E-state index in [1.807, 2.05) is 37.3 Å². The largest absolute Gasteiger partial charge is 0.384 e. The van der Waals surface area contributed by atoms with Crippen LogP contribution in [0.3, 0.4) is 0 Å². The van der Waals surface area contributed by atoms with Crippen molar-refractivity contribution in [3.63, 3.8) is 0 Å². The molecule has 2 aromatic carbocycles. The number of halogens is 2. The number of benzene rings is 2. The van der Waals surface area contributed by atoms with Gasteiger partial charge in [-0.3, -0.25) is 0 Å². The third-order valence-corrected chi connectivity index (χ3v) is 4.38. The van der Waals surface area contributed by atoms with E-state index in [9.17, 15) is 5.11 Å². The van der Waals surface area contributed by atoms with Crippen LogP contribution in [0.15, 0.2) is 45.3 Å². The minimum atomic E-state index is -0.604. The van der Waals surface area contributed by atoms with Gasteiger partial charge in [0.15, 0.2) is 0 Å². The molecule has 0 aliphatic rings. The van der Waals surface area contributed by atoms with Crippen LogP contribution in [0.25, 0.3) is 0 Å². The lowest BCUT2D eigenvalue weighted by Crippen LogP contribution is -2.03. The summed E-state index contributed by atoms with van der Waals surface area (Å²) in [5.41, 5.74) is 4.17. The second-order valence-corrected chi connectivity index (χ2v) is 6.13. The molecule has 0 aromatic heterocycles. The van der Waals surface area contributed by atoms with E-state index in [1.165, 1.54) is 5.56 Å². The van der Waals surface area contributed by atoms with Crippen LogP contribution in [-0.2, 0) is 0 Å². The van der Waals surface area contributed by atoms with Crippen LogP contribution in [0.4, 0.5) is 0 Å². The first-order valence-corrected chi connectivity index (χ1v) is 7.28. The standard InChI is InChI=1S/C15H14Br2O/c1-9-4-3-5-12(10(9)2)15(18)13-7-6-11(16)8-14(13)17/h3-8,15,18H,1-2H3. The molecule has 0 aliphatic heterocycles. The Bertz CT molecular complexity index is 579. The molecular formula is C15H14Br2O. The molecule has 1 N–H and O–H groups in total. The van der Waals surface area contributed by atoms with Crippen LogP contribution in [0, 0.1) is 13.8 Å². The first-order valence-electron chi connectivity index (χ1n) is 5.70. The molecule has 0 spiro atoms. The Morgan fingerprint density at radius 2 is 1.72 bits per heavy atom. The van der Waals surface area contributed by atoms with E-state index in [2.05, 4.69) is 44.8 Å². The van der Waals surface area contributed by atoms with Crippen LogP contribution in [0.5, 0.6) is 0 Å². The van der Waals surface area contributed by atoms with E-state index in [-0.39, 0.29) is 0 Å². The van der Waals surface area contributed by atoms with Crippen LogP contribution in [0.1, 0.15) is 28.4 Å². The molecule has 2 rings (SSSR count). The van der Waals surface area contributed by atoms with Crippen LogP contribution >= 0.6 is 31.9 Å². The van der Waals surface area contributed by atoms with Gasteiger partial charge in [0.05, 0.1) is 0 Å². The SMILES string of the molecule is Cc1cccc(C(O)c2ccc(Br)cc2Br)c1C. The Morgan fingerprint density at radius 3 is 2.39 bits per heavy atom. The normalized spacial score (nSPS) is 12.5. The fourth-order valence-electron chi connectivity index (χ4n) is 1.96. The zero-order chi connectivity index (χ0) is 13.3. The maximum atomic E-state index is 10.5. The lowest BCUT2D eigenvalue weighted by atomic mass is 9.95. The molecule has 0 aliphatic carbocycles. The molecule has 1 nitrogen and oxygen atoms in total. The fourth-order valence-corrected chi connectivity index (χ4v) is 3.22. The van der Waals surface area contributed by atoms with E-state index in [1.54, 1.807) is 0 Å². The van der Waals surface area contributed by atoms with Crippen molar-refractivity contribution < 1.29 is 5.11 Å². The average molecular weight is 370 g/mol. The lowest BCUT2D eigenvalue weighted by molar-refractivity contribution is 0.218. The zero-order valence-corrected chi connectivity index (χ0v) is 13.4. The Morgan fingerprint density at radius 1 is 1.00 bits per heavy atom. The zero-order valence-electron chi connectivity index (χ0n) is 10.2. The lowest BCUT2D eigenvalue weighted by Gasteiger charge is -2.17. The van der Waals surface area contributed by atoms with Gasteiger partial charge in [0.1, 0.15) is 6.10 Å². The predicted molar refractivity (Wildman–Crippen MR) is 81.8 cm³/mol. The molecule has 94 valence electrons. The number of aliphatic hydroxyl groups is 1. The highest BCUT2D eigenvalue weighted by Crippen LogP contribution is 2.32. The molecule has 1 atom stereocenters. The molecule has 0 bridgehead atoms. The number of hydrogen-bond acceptors (Lipinski definition) is 1. The summed E-state index contributed by atoms with van der Waals surface area (Å²) in [6.07, 6.45) is -0.604. The van der Waals surface area contributed by atoms with Crippen molar-refractivity contribution in [3.8, 4) is 0 Å². The van der Waals surface area contributed by atoms with Gasteiger partial charge in [-0.05, 0) is 48.2 Å². The van der Waals surface area contributed by atoms with Crippen molar-refractivity contribution in [2.75, 3.05) is 0 Å². The summed E-state index contributed by atoms with van der Waals surface area (Å²) < 4.78 is 1.90. The van der Waals surface area contributed by atoms with Gasteiger partial charge in [-0.15, -0.1) is 0 Å². The Kier molecular flexibility index (Phi) is 4.25. The van der Waals surface area contributed by atoms with Gasteiger partial charge in [-0.2, -0.15) is 0 Å². The van der Waals surface area contributed by atoms with Crippen molar-refractivity contribution in [1.82, 2.24) is 0 Å². The van der Waals surface area contributed by atoms with E-state index in [0.29, 0.717) is 0 Å². The van der Waals surface area contributed by atoms with Crippen molar-refractivity contribution in [2.24, 2.45) is 0 Å². The van der Waals surface area contributed by atoms with Crippen molar-refractivity contribution in [2.45, 2.75) is 20.0 Å². The molecule has 1 unspecified atom stereocenters. The van der Waals surface area contributed by atoms with Gasteiger partial charge in [0.25, 0.3) is 0 Å². The van der Waals surface area contributed by atoms with E-state index < -0.39 is 6.10 Å². The van der Waals surface area contributed by atoms with Gasteiger partial charge < -0.3 is 5.11 Å². The van der Waals surface area contributed by atoms with Crippen LogP contribution in [0.2, 0.25) is 0 Å². The Hall–Kier alpha value is -0.640. The topological polar surface area (TPSA) is 20.2 Å². The maximum absolute atomic E-state index is 10.5. The monoisotopic (exact) mass is 368 g/mol. The summed E-state index contributed by atoms with van der Waals surface area (Å²) in [5, 5.41) is 10.5. The van der Waals surface area contributed by atoms with Crippen LogP contribution < -0.4 is 0 Å². The van der Waals surface area contributed by atoms with Gasteiger partial charge in [0, 0.05) is 8.95 Å². The number of aryl methyl sites for hydroxylation is 1. The van der Waals surface area contributed by atoms with Gasteiger partial charge in [-0.1, -0.05) is 56.1 Å². The highest BCUT2D eigenvalue weighted by atomic mass is 79.9. The molecule has 0 amide bonds. The molecule has 18 heavy (non-hydrogen) atoms. The third kappa shape index (κ3) is 2.68. The predicted octanol–water partition coefficient (Wildman–Crippen LogP) is 4.91. The Balaban J connectivity index is 2.48. The molecular weight excluding hydrogens is 356 g/mol. The van der Waals surface area contributed by atoms with E-state index >= 15 is 0 Å². The summed E-state index contributed by atoms with van der Waals surface area (Å²) >= 11 is 6.91. The Labute approximate surface area is 124 Å². The smallest absolute Gasteiger partial charge is 0.105 e. The molecule has 2 aromatic rings. The summed E-state index contributed by atoms with van der Waals surface area (Å²) in [6.45, 7) is 4.10. The minimum absolute atomic E-state index is 0.604. The summed E-state index contributed by atoms with van der Waals surface area (Å²) in [5.74, 6) is 0. The van der Waals surface area contributed by atoms with Gasteiger partial charge >= 0.3 is 0 Å². The molecule has 0 saturated carbocycles. The first-order chi connectivity index (χ1) is 8.50. The molecule has 0 saturated heterocycles. The summed E-state index contributed by atoms with van der Waals surface area (Å²) in [6, 6.07) is 11.8. The van der Waals surface area contributed by atoms with Crippen LogP contribution in [-0.4, -0.2) is 5.11 Å². The van der Waals surface area contributed by atoms with Crippen molar-refractivity contribution in [3.05, 3.63) is 67.6 Å². The molecule has 0 heterocycles. The second-order valence-electron chi connectivity index (χ2n) is 4.36. The van der Waals surface area contributed by atoms with E-state index in [0.717, 1.165) is 25.6 Å². The van der Waals surface area contributed by atoms with E-state index in [4.69, 9.17) is 0 Å². The molecule has 0 fully saturated rings. The summed E-state index contributed by atoms with van der Waals surface area (Å²) in [7, 11) is 0. The summed E-state index contributed by atoms with van der Waals surface area (Å²) in [4.78, 5) is 0. The second kappa shape index (κ2) is 5.55. The molecule has 0 radical (unpaired) electrons. The molecule has 3 heteroatoms. The van der Waals surface area contributed by atoms with Gasteiger partial charge in [0.2, 0.25) is 0 Å². The van der Waals surface area contributed by atoms with Crippen molar-refractivity contribution in [1.29, 1.82) is 0 Å². The maximum Gasteiger partial charge on any atom is 0.105 e. The third-order valence-electron chi connectivity index (χ3n) is 3.20. The average Bonchev–Trinajstić information content (AvgIpc) is 2.32. The minimum Gasteiger partial charge on any atom is -0.384 e.